The number of hydrogen-bond donors (Lipinski definition) is 1. The molecule has 0 amide bonds. The molecular formula is C11H7NOY-2. The fraction of sp³-hybridized carbons (Fsp3) is 0. The molecule has 0 unspecified atom stereocenters. The first-order chi connectivity index (χ1) is 6.33. The molecule has 0 aliphatic carbocycles. The van der Waals surface area contributed by atoms with Gasteiger partial charge in [-0.05, 0) is 6.07 Å². The van der Waals surface area contributed by atoms with Gasteiger partial charge in [0.2, 0.25) is 0 Å². The minimum Gasteiger partial charge on any atom is -0.587 e. The van der Waals surface area contributed by atoms with E-state index in [0.29, 0.717) is 16.0 Å². The topological polar surface area (TPSA) is 33.1 Å². The minimum absolute atomic E-state index is 0. The van der Waals surface area contributed by atoms with Crippen LogP contribution < -0.4 is 10.4 Å². The first-order valence-corrected chi connectivity index (χ1v) is 3.86. The van der Waals surface area contributed by atoms with Gasteiger partial charge in [-0.15, -0.1) is 6.07 Å². The Bertz CT molecular complexity index is 551. The molecule has 0 aliphatic rings. The van der Waals surface area contributed by atoms with E-state index in [4.69, 9.17) is 11.7 Å². The van der Waals surface area contributed by atoms with Gasteiger partial charge in [0.25, 0.3) is 0 Å². The molecule has 67 valence electrons. The molecule has 2 nitrogen and oxygen atoms in total. The summed E-state index contributed by atoms with van der Waals surface area (Å²) < 4.78 is 0. The molecule has 1 N–H and O–H groups in total. The molecule has 1 radical (unpaired) electrons. The summed E-state index contributed by atoms with van der Waals surface area (Å²) in [4.78, 5) is 4.11. The molecule has 0 aliphatic heterocycles. The van der Waals surface area contributed by atoms with Crippen LogP contribution in [0.2, 0.25) is 0 Å². The van der Waals surface area contributed by atoms with E-state index in [1.807, 2.05) is 18.2 Å². The summed E-state index contributed by atoms with van der Waals surface area (Å²) in [7, 11) is 0. The Hall–Kier alpha value is -0.726. The molecule has 0 saturated heterocycles. The summed E-state index contributed by atoms with van der Waals surface area (Å²) >= 11 is 0. The third kappa shape index (κ3) is 1.86. The van der Waals surface area contributed by atoms with E-state index in [2.05, 4.69) is 11.2 Å². The summed E-state index contributed by atoms with van der Waals surface area (Å²) in [6, 6.07) is 7.32. The molecule has 3 heteroatoms. The number of aliphatic hydroxyl groups is 1. The van der Waals surface area contributed by atoms with Gasteiger partial charge in [-0.25, -0.2) is 11.3 Å². The maximum atomic E-state index is 8.85. The molecule has 1 aromatic carbocycles. The zero-order chi connectivity index (χ0) is 9.26. The Labute approximate surface area is 107 Å². The monoisotopic (exact) mass is 258 g/mol. The van der Waals surface area contributed by atoms with Gasteiger partial charge in [-0.3, -0.25) is 6.58 Å². The van der Waals surface area contributed by atoms with E-state index in [9.17, 15) is 0 Å². The van der Waals surface area contributed by atoms with Gasteiger partial charge >= 0.3 is 0 Å². The molecule has 0 atom stereocenters. The zero-order valence-corrected chi connectivity index (χ0v) is 10.3. The summed E-state index contributed by atoms with van der Waals surface area (Å²) in [5.74, 6) is 0. The van der Waals surface area contributed by atoms with Crippen molar-refractivity contribution in [1.82, 2.24) is 4.98 Å². The Kier molecular flexibility index (Phi) is 3.79. The standard InChI is InChI=1S/C11H7NO.Y/c1-8-4-5-9-3-2-6-12-11(9)10(8)7-13;/h1-6,13H;/q-2;. The second-order valence-electron chi connectivity index (χ2n) is 2.72. The van der Waals surface area contributed by atoms with Crippen LogP contribution in [0.5, 0.6) is 0 Å². The Morgan fingerprint density at radius 1 is 1.29 bits per heavy atom. The minimum atomic E-state index is 0. The molecule has 0 spiro atoms. The van der Waals surface area contributed by atoms with Gasteiger partial charge in [0.05, 0.1) is 0 Å². The van der Waals surface area contributed by atoms with Crippen LogP contribution in [0, 0.1) is 0 Å². The second kappa shape index (κ2) is 4.67. The first kappa shape index (κ1) is 11.3. The Balaban J connectivity index is 0.000000980. The number of pyridine rings is 1. The Morgan fingerprint density at radius 3 is 2.79 bits per heavy atom. The van der Waals surface area contributed by atoms with Crippen LogP contribution in [0.25, 0.3) is 23.7 Å². The number of hydrogen-bond acceptors (Lipinski definition) is 2. The van der Waals surface area contributed by atoms with Crippen molar-refractivity contribution in [3.8, 4) is 0 Å². The van der Waals surface area contributed by atoms with Crippen LogP contribution in [0.4, 0.5) is 0 Å². The van der Waals surface area contributed by atoms with Crippen LogP contribution in [-0.2, 0) is 32.7 Å². The number of fused-ring (bicyclic) bond motifs is 1. The zero-order valence-electron chi connectivity index (χ0n) is 7.44. The number of aliphatic hydroxyl groups excluding tert-OH is 1. The van der Waals surface area contributed by atoms with Crippen LogP contribution in [-0.4, -0.2) is 10.1 Å². The van der Waals surface area contributed by atoms with Crippen molar-refractivity contribution in [1.29, 1.82) is 0 Å². The summed E-state index contributed by atoms with van der Waals surface area (Å²) in [5, 5.41) is 10.7. The molecule has 0 bridgehead atoms. The van der Waals surface area contributed by atoms with Crippen molar-refractivity contribution in [3.05, 3.63) is 40.9 Å². The number of rotatable bonds is 0. The maximum Gasteiger partial charge on any atom is 0.0112 e. The predicted molar refractivity (Wildman–Crippen MR) is 51.5 cm³/mol. The molecule has 0 saturated carbocycles. The largest absolute Gasteiger partial charge is 0.587 e. The fourth-order valence-electron chi connectivity index (χ4n) is 1.28. The van der Waals surface area contributed by atoms with Gasteiger partial charge in [-0.1, -0.05) is 23.2 Å². The fourth-order valence-corrected chi connectivity index (χ4v) is 1.28. The molecular weight excluding hydrogens is 251 g/mol. The van der Waals surface area contributed by atoms with Crippen LogP contribution in [0.1, 0.15) is 0 Å². The van der Waals surface area contributed by atoms with Crippen molar-refractivity contribution in [2.45, 2.75) is 0 Å². The smallest absolute Gasteiger partial charge is 0.0112 e. The Morgan fingerprint density at radius 2 is 2.07 bits per heavy atom. The van der Waals surface area contributed by atoms with Gasteiger partial charge in [0.1, 0.15) is 0 Å². The normalized spacial score (nSPS) is 11.3. The van der Waals surface area contributed by atoms with E-state index in [1.165, 1.54) is 0 Å². The molecule has 1 heterocycles. The number of nitrogens with zero attached hydrogens (tertiary/aromatic N) is 1. The number of aromatic nitrogens is 1. The van der Waals surface area contributed by atoms with Gasteiger partial charge in [0.15, 0.2) is 0 Å². The van der Waals surface area contributed by atoms with Gasteiger partial charge < -0.3 is 15.3 Å². The van der Waals surface area contributed by atoms with E-state index in [0.717, 1.165) is 5.39 Å². The van der Waals surface area contributed by atoms with E-state index in [-0.39, 0.29) is 32.7 Å². The maximum absolute atomic E-state index is 8.85. The molecule has 2 aromatic rings. The third-order valence-electron chi connectivity index (χ3n) is 1.92. The van der Waals surface area contributed by atoms with Gasteiger partial charge in [0, 0.05) is 38.9 Å². The van der Waals surface area contributed by atoms with Crippen molar-refractivity contribution >= 4 is 23.7 Å². The van der Waals surface area contributed by atoms with E-state index < -0.39 is 0 Å². The summed E-state index contributed by atoms with van der Waals surface area (Å²) in [6.07, 6.45) is 3.71. The van der Waals surface area contributed by atoms with Crippen molar-refractivity contribution < 1.29 is 37.8 Å². The summed E-state index contributed by atoms with van der Waals surface area (Å²) in [6.45, 7) is 5.63. The SMILES string of the molecule is [CH-]=c1ccc2cccnc2c1=[C-]O.[Y]. The third-order valence-corrected chi connectivity index (χ3v) is 1.92. The van der Waals surface area contributed by atoms with Crippen LogP contribution in [0.15, 0.2) is 30.5 Å². The van der Waals surface area contributed by atoms with E-state index >= 15 is 0 Å². The predicted octanol–water partition coefficient (Wildman–Crippen LogP) is 0.693. The van der Waals surface area contributed by atoms with Crippen LogP contribution in [0.3, 0.4) is 0 Å². The summed E-state index contributed by atoms with van der Waals surface area (Å²) in [5.41, 5.74) is 0.671. The number of benzene rings is 1. The average Bonchev–Trinajstić information content (AvgIpc) is 2.18. The van der Waals surface area contributed by atoms with Crippen molar-refractivity contribution in [2.75, 3.05) is 0 Å². The van der Waals surface area contributed by atoms with E-state index in [1.54, 1.807) is 12.3 Å². The average molecular weight is 258 g/mol. The quantitative estimate of drug-likeness (QED) is 0.705. The van der Waals surface area contributed by atoms with Crippen molar-refractivity contribution in [3.63, 3.8) is 0 Å². The molecule has 0 fully saturated rings. The van der Waals surface area contributed by atoms with Crippen molar-refractivity contribution in [2.24, 2.45) is 0 Å². The molecule has 2 rings (SSSR count). The molecule has 14 heavy (non-hydrogen) atoms. The van der Waals surface area contributed by atoms with Gasteiger partial charge in [-0.2, -0.15) is 0 Å². The first-order valence-electron chi connectivity index (χ1n) is 3.86. The molecule has 1 aromatic heterocycles. The van der Waals surface area contributed by atoms with Crippen LogP contribution >= 0.6 is 0 Å². The second-order valence-corrected chi connectivity index (χ2v) is 2.72.